The van der Waals surface area contributed by atoms with Crippen LogP contribution in [0.3, 0.4) is 0 Å². The van der Waals surface area contributed by atoms with Crippen molar-refractivity contribution in [2.45, 2.75) is 13.0 Å². The summed E-state index contributed by atoms with van der Waals surface area (Å²) in [5.41, 5.74) is 7.88. The Morgan fingerprint density at radius 1 is 1.70 bits per heavy atom. The predicted octanol–water partition coefficient (Wildman–Crippen LogP) is 1.69. The van der Waals surface area contributed by atoms with Gasteiger partial charge in [0.05, 0.1) is 6.04 Å². The first-order valence-corrected chi connectivity index (χ1v) is 3.94. The highest BCUT2D eigenvalue weighted by Crippen LogP contribution is 2.18. The smallest absolute Gasteiger partial charge is 0.0928 e. The molecule has 1 rings (SSSR count). The van der Waals surface area contributed by atoms with Gasteiger partial charge in [0.2, 0.25) is 0 Å². The van der Waals surface area contributed by atoms with Gasteiger partial charge in [0.25, 0.3) is 0 Å². The number of thiophene rings is 1. The van der Waals surface area contributed by atoms with Crippen LogP contribution in [0.5, 0.6) is 0 Å². The summed E-state index contributed by atoms with van der Waals surface area (Å²) in [6.07, 6.45) is 5.16. The molecule has 2 N–H and O–H groups in total. The molecule has 0 aliphatic heterocycles. The summed E-state index contributed by atoms with van der Waals surface area (Å²) in [7, 11) is 0. The maximum Gasteiger partial charge on any atom is 0.0928 e. The largest absolute Gasteiger partial charge is 0.314 e. The molecule has 0 saturated carbocycles. The zero-order valence-electron chi connectivity index (χ0n) is 5.79. The van der Waals surface area contributed by atoms with Crippen LogP contribution in [0.4, 0.5) is 0 Å². The molecule has 0 aliphatic carbocycles. The van der Waals surface area contributed by atoms with Gasteiger partial charge in [0.1, 0.15) is 0 Å². The predicted molar refractivity (Wildman–Crippen MR) is 44.8 cm³/mol. The summed E-state index contributed by atoms with van der Waals surface area (Å²) in [4.78, 5) is 0. The van der Waals surface area contributed by atoms with E-state index in [4.69, 9.17) is 12.2 Å². The Bertz CT molecular complexity index is 256. The van der Waals surface area contributed by atoms with E-state index in [2.05, 4.69) is 5.92 Å². The SMILES string of the molecule is C#CC(N)c1cscc1C. The highest BCUT2D eigenvalue weighted by atomic mass is 32.1. The average molecular weight is 151 g/mol. The molecule has 10 heavy (non-hydrogen) atoms. The molecule has 1 unspecified atom stereocenters. The molecule has 1 aromatic rings. The van der Waals surface area contributed by atoms with Gasteiger partial charge in [-0.25, -0.2) is 0 Å². The van der Waals surface area contributed by atoms with Gasteiger partial charge in [0, 0.05) is 0 Å². The average Bonchev–Trinajstić information content (AvgIpc) is 2.34. The van der Waals surface area contributed by atoms with Gasteiger partial charge in [-0.05, 0) is 28.8 Å². The lowest BCUT2D eigenvalue weighted by Crippen LogP contribution is -2.06. The molecule has 2 heteroatoms. The van der Waals surface area contributed by atoms with Crippen LogP contribution in [0.25, 0.3) is 0 Å². The molecule has 1 nitrogen and oxygen atoms in total. The number of aryl methyl sites for hydroxylation is 1. The zero-order valence-corrected chi connectivity index (χ0v) is 6.61. The monoisotopic (exact) mass is 151 g/mol. The van der Waals surface area contributed by atoms with Crippen molar-refractivity contribution >= 4 is 11.3 Å². The van der Waals surface area contributed by atoms with Crippen molar-refractivity contribution < 1.29 is 0 Å². The van der Waals surface area contributed by atoms with Gasteiger partial charge in [-0.15, -0.1) is 6.42 Å². The van der Waals surface area contributed by atoms with E-state index in [9.17, 15) is 0 Å². The minimum absolute atomic E-state index is 0.230. The van der Waals surface area contributed by atoms with E-state index >= 15 is 0 Å². The van der Waals surface area contributed by atoms with E-state index in [1.54, 1.807) is 11.3 Å². The van der Waals surface area contributed by atoms with E-state index in [0.717, 1.165) is 5.56 Å². The Hall–Kier alpha value is -0.780. The van der Waals surface area contributed by atoms with Gasteiger partial charge in [-0.2, -0.15) is 11.3 Å². The summed E-state index contributed by atoms with van der Waals surface area (Å²) in [5.74, 6) is 2.49. The molecule has 52 valence electrons. The second-order valence-electron chi connectivity index (χ2n) is 2.15. The summed E-state index contributed by atoms with van der Waals surface area (Å²) < 4.78 is 0. The number of terminal acetylenes is 1. The minimum atomic E-state index is -0.230. The second kappa shape index (κ2) is 2.87. The highest BCUT2D eigenvalue weighted by Gasteiger charge is 2.04. The van der Waals surface area contributed by atoms with E-state index in [1.165, 1.54) is 5.56 Å². The Labute approximate surface area is 64.9 Å². The zero-order chi connectivity index (χ0) is 7.56. The molecular formula is C8H9NS. The molecule has 0 bridgehead atoms. The molecule has 0 aromatic carbocycles. The maximum absolute atomic E-state index is 5.61. The Morgan fingerprint density at radius 2 is 2.40 bits per heavy atom. The van der Waals surface area contributed by atoms with Crippen molar-refractivity contribution in [1.82, 2.24) is 0 Å². The maximum atomic E-state index is 5.61. The van der Waals surface area contributed by atoms with Gasteiger partial charge < -0.3 is 5.73 Å². The van der Waals surface area contributed by atoms with Gasteiger partial charge >= 0.3 is 0 Å². The number of hydrogen-bond donors (Lipinski definition) is 1. The van der Waals surface area contributed by atoms with Crippen LogP contribution in [0, 0.1) is 19.3 Å². The molecule has 0 aliphatic rings. The van der Waals surface area contributed by atoms with Crippen LogP contribution < -0.4 is 5.73 Å². The van der Waals surface area contributed by atoms with Crippen LogP contribution in [-0.2, 0) is 0 Å². The number of rotatable bonds is 1. The first kappa shape index (κ1) is 7.33. The fraction of sp³-hybridized carbons (Fsp3) is 0.250. The third-order valence-electron chi connectivity index (χ3n) is 1.41. The Balaban J connectivity index is 2.96. The molecule has 0 radical (unpaired) electrons. The molecule has 1 heterocycles. The van der Waals surface area contributed by atoms with E-state index in [1.807, 2.05) is 17.7 Å². The topological polar surface area (TPSA) is 26.0 Å². The Kier molecular flexibility index (Phi) is 2.10. The highest BCUT2D eigenvalue weighted by molar-refractivity contribution is 7.08. The molecule has 0 saturated heterocycles. The quantitative estimate of drug-likeness (QED) is 0.607. The van der Waals surface area contributed by atoms with Gasteiger partial charge in [-0.1, -0.05) is 5.92 Å². The van der Waals surface area contributed by atoms with Crippen molar-refractivity contribution in [2.24, 2.45) is 5.73 Å². The van der Waals surface area contributed by atoms with Gasteiger partial charge in [-0.3, -0.25) is 0 Å². The summed E-state index contributed by atoms with van der Waals surface area (Å²) in [6, 6.07) is -0.230. The van der Waals surface area contributed by atoms with Gasteiger partial charge in [0.15, 0.2) is 0 Å². The lowest BCUT2D eigenvalue weighted by molar-refractivity contribution is 0.942. The number of nitrogens with two attached hydrogens (primary N) is 1. The fourth-order valence-corrected chi connectivity index (χ4v) is 1.67. The lowest BCUT2D eigenvalue weighted by atomic mass is 10.1. The molecule has 0 amide bonds. The van der Waals surface area contributed by atoms with Crippen LogP contribution in [0.15, 0.2) is 10.8 Å². The van der Waals surface area contributed by atoms with Crippen LogP contribution >= 0.6 is 11.3 Å². The van der Waals surface area contributed by atoms with Crippen LogP contribution in [0.2, 0.25) is 0 Å². The van der Waals surface area contributed by atoms with Crippen molar-refractivity contribution in [1.29, 1.82) is 0 Å². The first-order valence-electron chi connectivity index (χ1n) is 3.00. The van der Waals surface area contributed by atoms with Crippen molar-refractivity contribution in [2.75, 3.05) is 0 Å². The minimum Gasteiger partial charge on any atom is -0.314 e. The first-order chi connectivity index (χ1) is 4.75. The molecule has 0 spiro atoms. The fourth-order valence-electron chi connectivity index (χ4n) is 0.779. The summed E-state index contributed by atoms with van der Waals surface area (Å²) in [6.45, 7) is 2.02. The summed E-state index contributed by atoms with van der Waals surface area (Å²) >= 11 is 1.63. The molecular weight excluding hydrogens is 142 g/mol. The third kappa shape index (κ3) is 1.21. The molecule has 1 atom stereocenters. The lowest BCUT2D eigenvalue weighted by Gasteiger charge is -2.00. The third-order valence-corrected chi connectivity index (χ3v) is 2.29. The Morgan fingerprint density at radius 3 is 2.80 bits per heavy atom. The normalized spacial score (nSPS) is 12.5. The van der Waals surface area contributed by atoms with Crippen molar-refractivity contribution in [3.8, 4) is 12.3 Å². The van der Waals surface area contributed by atoms with Crippen LogP contribution in [0.1, 0.15) is 17.2 Å². The number of hydrogen-bond acceptors (Lipinski definition) is 2. The molecule has 0 fully saturated rings. The van der Waals surface area contributed by atoms with E-state index < -0.39 is 0 Å². The second-order valence-corrected chi connectivity index (χ2v) is 2.90. The summed E-state index contributed by atoms with van der Waals surface area (Å²) in [5, 5.41) is 4.05. The van der Waals surface area contributed by atoms with E-state index in [0.29, 0.717) is 0 Å². The van der Waals surface area contributed by atoms with Crippen molar-refractivity contribution in [3.63, 3.8) is 0 Å². The standard InChI is InChI=1S/C8H9NS/c1-3-8(9)7-5-10-4-6(7)2/h1,4-5,8H,9H2,2H3. The van der Waals surface area contributed by atoms with E-state index in [-0.39, 0.29) is 6.04 Å². The van der Waals surface area contributed by atoms with Crippen molar-refractivity contribution in [3.05, 3.63) is 21.9 Å². The molecule has 1 aromatic heterocycles. The van der Waals surface area contributed by atoms with Crippen LogP contribution in [-0.4, -0.2) is 0 Å².